The van der Waals surface area contributed by atoms with Gasteiger partial charge in [0, 0.05) is 25.1 Å². The SMILES string of the molecule is CCCCNC(=O)[C@H](C)N(Cc1ccccc1F)C(=O)CCCOc1ccccc1. The standard InChI is InChI=1S/C24H31FN2O3/c1-3-4-16-26-24(29)19(2)27(18-20-11-8-9-14-22(20)25)23(28)15-10-17-30-21-12-6-5-7-13-21/h5-9,11-14,19H,3-4,10,15-18H2,1-2H3,(H,26,29)/t19-/m0/s1. The Labute approximate surface area is 178 Å². The Morgan fingerprint density at radius 1 is 1.07 bits per heavy atom. The number of nitrogens with zero attached hydrogens (tertiary/aromatic N) is 1. The van der Waals surface area contributed by atoms with Gasteiger partial charge in [-0.1, -0.05) is 49.7 Å². The molecule has 2 rings (SSSR count). The van der Waals surface area contributed by atoms with E-state index in [2.05, 4.69) is 5.32 Å². The van der Waals surface area contributed by atoms with Gasteiger partial charge in [0.2, 0.25) is 11.8 Å². The lowest BCUT2D eigenvalue weighted by molar-refractivity contribution is -0.140. The lowest BCUT2D eigenvalue weighted by Gasteiger charge is -2.29. The van der Waals surface area contributed by atoms with Gasteiger partial charge in [0.1, 0.15) is 17.6 Å². The summed E-state index contributed by atoms with van der Waals surface area (Å²) in [4.78, 5) is 26.9. The fourth-order valence-corrected chi connectivity index (χ4v) is 3.00. The largest absolute Gasteiger partial charge is 0.494 e. The van der Waals surface area contributed by atoms with Crippen LogP contribution in [0.2, 0.25) is 0 Å². The number of carbonyl (C=O) groups is 2. The molecule has 0 saturated heterocycles. The number of rotatable bonds is 12. The molecule has 0 radical (unpaired) electrons. The lowest BCUT2D eigenvalue weighted by atomic mass is 10.1. The molecule has 0 heterocycles. The summed E-state index contributed by atoms with van der Waals surface area (Å²) in [5.41, 5.74) is 0.389. The molecule has 0 unspecified atom stereocenters. The summed E-state index contributed by atoms with van der Waals surface area (Å²) >= 11 is 0. The maximum atomic E-state index is 14.2. The van der Waals surface area contributed by atoms with Gasteiger partial charge in [0.15, 0.2) is 0 Å². The Kier molecular flexibility index (Phi) is 9.84. The molecule has 0 aliphatic rings. The number of carbonyl (C=O) groups excluding carboxylic acids is 2. The zero-order chi connectivity index (χ0) is 21.8. The fraction of sp³-hybridized carbons (Fsp3) is 0.417. The van der Waals surface area contributed by atoms with Crippen LogP contribution in [0, 0.1) is 5.82 Å². The monoisotopic (exact) mass is 414 g/mol. The summed E-state index contributed by atoms with van der Waals surface area (Å²) in [6.45, 7) is 4.72. The van der Waals surface area contributed by atoms with Crippen molar-refractivity contribution in [2.45, 2.75) is 52.1 Å². The molecule has 2 aromatic carbocycles. The highest BCUT2D eigenvalue weighted by molar-refractivity contribution is 5.87. The Morgan fingerprint density at radius 3 is 2.47 bits per heavy atom. The minimum atomic E-state index is -0.691. The van der Waals surface area contributed by atoms with Crippen LogP contribution in [0.1, 0.15) is 45.1 Å². The molecule has 1 N–H and O–H groups in total. The van der Waals surface area contributed by atoms with Gasteiger partial charge < -0.3 is 15.0 Å². The first-order valence-electron chi connectivity index (χ1n) is 10.5. The molecule has 0 bridgehead atoms. The lowest BCUT2D eigenvalue weighted by Crippen LogP contribution is -2.47. The van der Waals surface area contributed by atoms with E-state index in [0.29, 0.717) is 25.1 Å². The van der Waals surface area contributed by atoms with Crippen LogP contribution in [0.25, 0.3) is 0 Å². The van der Waals surface area contributed by atoms with E-state index in [1.807, 2.05) is 37.3 Å². The first-order valence-corrected chi connectivity index (χ1v) is 10.5. The van der Waals surface area contributed by atoms with Crippen molar-refractivity contribution in [2.75, 3.05) is 13.2 Å². The van der Waals surface area contributed by atoms with Crippen LogP contribution in [0.3, 0.4) is 0 Å². The predicted octanol–water partition coefficient (Wildman–Crippen LogP) is 4.32. The highest BCUT2D eigenvalue weighted by Gasteiger charge is 2.26. The van der Waals surface area contributed by atoms with Crippen LogP contribution < -0.4 is 10.1 Å². The molecule has 2 aromatic rings. The van der Waals surface area contributed by atoms with Gasteiger partial charge in [-0.3, -0.25) is 9.59 Å². The van der Waals surface area contributed by atoms with Crippen LogP contribution in [0.4, 0.5) is 4.39 Å². The second-order valence-corrected chi connectivity index (χ2v) is 7.20. The maximum absolute atomic E-state index is 14.2. The van der Waals surface area contributed by atoms with Crippen molar-refractivity contribution in [3.63, 3.8) is 0 Å². The molecule has 0 spiro atoms. The molecule has 2 amide bonds. The maximum Gasteiger partial charge on any atom is 0.242 e. The van der Waals surface area contributed by atoms with E-state index in [1.165, 1.54) is 11.0 Å². The Balaban J connectivity index is 1.98. The second kappa shape index (κ2) is 12.6. The Hall–Kier alpha value is -2.89. The molecule has 0 aliphatic carbocycles. The minimum absolute atomic E-state index is 0.0490. The zero-order valence-electron chi connectivity index (χ0n) is 17.8. The third-order valence-corrected chi connectivity index (χ3v) is 4.84. The number of ether oxygens (including phenoxy) is 1. The van der Waals surface area contributed by atoms with Gasteiger partial charge in [0.25, 0.3) is 0 Å². The minimum Gasteiger partial charge on any atom is -0.494 e. The van der Waals surface area contributed by atoms with E-state index in [9.17, 15) is 14.0 Å². The molecule has 0 aromatic heterocycles. The van der Waals surface area contributed by atoms with Gasteiger partial charge in [0.05, 0.1) is 6.61 Å². The Morgan fingerprint density at radius 2 is 1.77 bits per heavy atom. The van der Waals surface area contributed by atoms with E-state index < -0.39 is 6.04 Å². The van der Waals surface area contributed by atoms with Crippen molar-refractivity contribution in [2.24, 2.45) is 0 Å². The average molecular weight is 415 g/mol. The second-order valence-electron chi connectivity index (χ2n) is 7.20. The zero-order valence-corrected chi connectivity index (χ0v) is 17.8. The van der Waals surface area contributed by atoms with Crippen LogP contribution >= 0.6 is 0 Å². The van der Waals surface area contributed by atoms with Crippen LogP contribution in [-0.2, 0) is 16.1 Å². The van der Waals surface area contributed by atoms with E-state index in [1.54, 1.807) is 25.1 Å². The summed E-state index contributed by atoms with van der Waals surface area (Å²) in [6.07, 6.45) is 2.56. The van der Waals surface area contributed by atoms with Gasteiger partial charge >= 0.3 is 0 Å². The molecule has 1 atom stereocenters. The number of para-hydroxylation sites is 1. The first-order chi connectivity index (χ1) is 14.5. The van der Waals surface area contributed by atoms with Crippen LogP contribution in [0.15, 0.2) is 54.6 Å². The number of nitrogens with one attached hydrogen (secondary N) is 1. The number of unbranched alkanes of at least 4 members (excludes halogenated alkanes) is 1. The van der Waals surface area contributed by atoms with E-state index in [0.717, 1.165) is 18.6 Å². The average Bonchev–Trinajstić information content (AvgIpc) is 2.76. The van der Waals surface area contributed by atoms with Crippen molar-refractivity contribution in [3.05, 3.63) is 66.0 Å². The van der Waals surface area contributed by atoms with Crippen LogP contribution in [-0.4, -0.2) is 35.9 Å². The number of amides is 2. The molecule has 30 heavy (non-hydrogen) atoms. The molecule has 0 fully saturated rings. The Bertz CT molecular complexity index is 798. The van der Waals surface area contributed by atoms with E-state index in [4.69, 9.17) is 4.74 Å². The van der Waals surface area contributed by atoms with Crippen molar-refractivity contribution >= 4 is 11.8 Å². The molecule has 0 aliphatic heterocycles. The number of hydrogen-bond acceptors (Lipinski definition) is 3. The molecular formula is C24H31FN2O3. The highest BCUT2D eigenvalue weighted by Crippen LogP contribution is 2.15. The molecule has 6 heteroatoms. The highest BCUT2D eigenvalue weighted by atomic mass is 19.1. The summed E-state index contributed by atoms with van der Waals surface area (Å²) < 4.78 is 19.8. The fourth-order valence-electron chi connectivity index (χ4n) is 3.00. The van der Waals surface area contributed by atoms with Crippen molar-refractivity contribution in [3.8, 4) is 5.75 Å². The number of halogens is 1. The summed E-state index contributed by atoms with van der Waals surface area (Å²) in [5.74, 6) is -0.0696. The molecule has 162 valence electrons. The quantitative estimate of drug-likeness (QED) is 0.526. The summed E-state index contributed by atoms with van der Waals surface area (Å²) in [7, 11) is 0. The van der Waals surface area contributed by atoms with Crippen molar-refractivity contribution in [1.29, 1.82) is 0 Å². The topological polar surface area (TPSA) is 58.6 Å². The molecular weight excluding hydrogens is 383 g/mol. The smallest absolute Gasteiger partial charge is 0.242 e. The molecule has 0 saturated carbocycles. The third kappa shape index (κ3) is 7.50. The van der Waals surface area contributed by atoms with Gasteiger partial charge in [-0.15, -0.1) is 0 Å². The van der Waals surface area contributed by atoms with Gasteiger partial charge in [-0.05, 0) is 38.0 Å². The summed E-state index contributed by atoms with van der Waals surface area (Å²) in [5, 5.41) is 2.86. The summed E-state index contributed by atoms with van der Waals surface area (Å²) in [6, 6.07) is 15.0. The number of hydrogen-bond donors (Lipinski definition) is 1. The van der Waals surface area contributed by atoms with Gasteiger partial charge in [-0.2, -0.15) is 0 Å². The molecule has 5 nitrogen and oxygen atoms in total. The van der Waals surface area contributed by atoms with Crippen molar-refractivity contribution in [1.82, 2.24) is 10.2 Å². The van der Waals surface area contributed by atoms with E-state index >= 15 is 0 Å². The number of benzene rings is 2. The third-order valence-electron chi connectivity index (χ3n) is 4.84. The van der Waals surface area contributed by atoms with Crippen LogP contribution in [0.5, 0.6) is 5.75 Å². The predicted molar refractivity (Wildman–Crippen MR) is 116 cm³/mol. The first kappa shape index (κ1) is 23.4. The van der Waals surface area contributed by atoms with Crippen molar-refractivity contribution < 1.29 is 18.7 Å². The van der Waals surface area contributed by atoms with E-state index in [-0.39, 0.29) is 30.6 Å². The van der Waals surface area contributed by atoms with Gasteiger partial charge in [-0.25, -0.2) is 4.39 Å². The normalized spacial score (nSPS) is 11.6.